The highest BCUT2D eigenvalue weighted by molar-refractivity contribution is 7.12. The van der Waals surface area contributed by atoms with Crippen LogP contribution in [0.4, 0.5) is 0 Å². The second-order valence-electron chi connectivity index (χ2n) is 7.09. The second kappa shape index (κ2) is 7.57. The first-order valence-electron chi connectivity index (χ1n) is 9.68. The Bertz CT molecular complexity index is 1070. The molecular formula is C23H22N2O4S. The fourth-order valence-electron chi connectivity index (χ4n) is 4.09. The standard InChI is InChI=1S/C23H22N2O4S/c1-26-19-11-14(12-20(27-2)22(19)28-3)23-25-17(15-7-4-5-8-18(15)29-23)13-16(24-25)21-9-6-10-30-21/h4-12,17,23H,13H2,1-3H3/t17-,23+/m1/s1. The molecule has 2 aliphatic rings. The van der Waals surface area contributed by atoms with Crippen molar-refractivity contribution < 1.29 is 18.9 Å². The number of para-hydroxylation sites is 1. The smallest absolute Gasteiger partial charge is 0.214 e. The zero-order chi connectivity index (χ0) is 20.7. The van der Waals surface area contributed by atoms with Crippen molar-refractivity contribution in [2.75, 3.05) is 21.3 Å². The van der Waals surface area contributed by atoms with Crippen LogP contribution in [0.5, 0.6) is 23.0 Å². The van der Waals surface area contributed by atoms with Crippen LogP contribution >= 0.6 is 11.3 Å². The number of methoxy groups -OCH3 is 3. The fraction of sp³-hybridized carbons (Fsp3) is 0.261. The van der Waals surface area contributed by atoms with Gasteiger partial charge in [-0.25, -0.2) is 5.01 Å². The third-order valence-corrected chi connectivity index (χ3v) is 6.40. The van der Waals surface area contributed by atoms with Crippen LogP contribution in [0.25, 0.3) is 0 Å². The van der Waals surface area contributed by atoms with E-state index in [-0.39, 0.29) is 6.04 Å². The van der Waals surface area contributed by atoms with E-state index in [1.54, 1.807) is 32.7 Å². The van der Waals surface area contributed by atoms with E-state index in [0.29, 0.717) is 17.2 Å². The third-order valence-electron chi connectivity index (χ3n) is 5.48. The predicted molar refractivity (Wildman–Crippen MR) is 116 cm³/mol. The quantitative estimate of drug-likeness (QED) is 0.578. The maximum atomic E-state index is 6.44. The number of hydrogen-bond donors (Lipinski definition) is 0. The van der Waals surface area contributed by atoms with Gasteiger partial charge in [0.1, 0.15) is 5.75 Å². The van der Waals surface area contributed by atoms with Gasteiger partial charge in [0.15, 0.2) is 11.5 Å². The monoisotopic (exact) mass is 422 g/mol. The molecule has 0 fully saturated rings. The van der Waals surface area contributed by atoms with Gasteiger partial charge in [-0.2, -0.15) is 5.10 Å². The average Bonchev–Trinajstić information content (AvgIpc) is 3.47. The van der Waals surface area contributed by atoms with E-state index < -0.39 is 6.23 Å². The van der Waals surface area contributed by atoms with Crippen LogP contribution in [0.1, 0.15) is 34.7 Å². The van der Waals surface area contributed by atoms with E-state index in [9.17, 15) is 0 Å². The van der Waals surface area contributed by atoms with Crippen molar-refractivity contribution in [2.24, 2.45) is 5.10 Å². The Hall–Kier alpha value is -3.19. The highest BCUT2D eigenvalue weighted by atomic mass is 32.1. The molecule has 2 aliphatic heterocycles. The number of thiophene rings is 1. The summed E-state index contributed by atoms with van der Waals surface area (Å²) < 4.78 is 23.0. The fourth-order valence-corrected chi connectivity index (χ4v) is 4.81. The Morgan fingerprint density at radius 1 is 1.00 bits per heavy atom. The van der Waals surface area contributed by atoms with Gasteiger partial charge >= 0.3 is 0 Å². The molecule has 7 heteroatoms. The molecule has 2 aromatic carbocycles. The summed E-state index contributed by atoms with van der Waals surface area (Å²) in [5.74, 6) is 2.61. The first-order valence-corrected chi connectivity index (χ1v) is 10.6. The van der Waals surface area contributed by atoms with Crippen LogP contribution in [-0.4, -0.2) is 32.0 Å². The Morgan fingerprint density at radius 3 is 2.43 bits per heavy atom. The van der Waals surface area contributed by atoms with Crippen molar-refractivity contribution in [3.63, 3.8) is 0 Å². The molecule has 0 radical (unpaired) electrons. The van der Waals surface area contributed by atoms with Crippen molar-refractivity contribution in [3.8, 4) is 23.0 Å². The molecule has 3 aromatic rings. The summed E-state index contributed by atoms with van der Waals surface area (Å²) in [5.41, 5.74) is 3.12. The molecule has 0 saturated carbocycles. The molecule has 3 heterocycles. The number of ether oxygens (including phenoxy) is 4. The molecule has 154 valence electrons. The minimum atomic E-state index is -0.406. The van der Waals surface area contributed by atoms with Crippen LogP contribution < -0.4 is 18.9 Å². The summed E-state index contributed by atoms with van der Waals surface area (Å²) in [7, 11) is 4.83. The van der Waals surface area contributed by atoms with Crippen molar-refractivity contribution in [3.05, 3.63) is 69.9 Å². The summed E-state index contributed by atoms with van der Waals surface area (Å²) in [6.45, 7) is 0. The lowest BCUT2D eigenvalue weighted by molar-refractivity contribution is -0.0192. The molecule has 0 amide bonds. The molecule has 1 aromatic heterocycles. The predicted octanol–water partition coefficient (Wildman–Crippen LogP) is 5.02. The van der Waals surface area contributed by atoms with E-state index >= 15 is 0 Å². The van der Waals surface area contributed by atoms with Gasteiger partial charge in [-0.1, -0.05) is 24.3 Å². The van der Waals surface area contributed by atoms with Gasteiger partial charge in [0.05, 0.1) is 38.0 Å². The first-order chi connectivity index (χ1) is 14.7. The largest absolute Gasteiger partial charge is 0.493 e. The van der Waals surface area contributed by atoms with E-state index in [2.05, 4.69) is 28.6 Å². The third kappa shape index (κ3) is 2.97. The van der Waals surface area contributed by atoms with Gasteiger partial charge in [-0.15, -0.1) is 11.3 Å². The molecule has 6 nitrogen and oxygen atoms in total. The van der Waals surface area contributed by atoms with Crippen LogP contribution in [0.2, 0.25) is 0 Å². The maximum Gasteiger partial charge on any atom is 0.214 e. The van der Waals surface area contributed by atoms with Gasteiger partial charge < -0.3 is 18.9 Å². The lowest BCUT2D eigenvalue weighted by atomic mass is 9.97. The number of hydrazone groups is 1. The summed E-state index contributed by atoms with van der Waals surface area (Å²) in [6, 6.07) is 16.3. The van der Waals surface area contributed by atoms with Gasteiger partial charge in [-0.3, -0.25) is 0 Å². The van der Waals surface area contributed by atoms with E-state index in [0.717, 1.165) is 29.0 Å². The van der Waals surface area contributed by atoms with Gasteiger partial charge in [0.2, 0.25) is 12.0 Å². The van der Waals surface area contributed by atoms with Crippen molar-refractivity contribution in [1.82, 2.24) is 5.01 Å². The number of rotatable bonds is 5. The topological polar surface area (TPSA) is 52.5 Å². The molecule has 30 heavy (non-hydrogen) atoms. The Balaban J connectivity index is 1.63. The number of benzene rings is 2. The van der Waals surface area contributed by atoms with Gasteiger partial charge in [0.25, 0.3) is 0 Å². The summed E-state index contributed by atoms with van der Waals surface area (Å²) >= 11 is 1.71. The number of fused-ring (bicyclic) bond motifs is 3. The lowest BCUT2D eigenvalue weighted by Gasteiger charge is -2.38. The van der Waals surface area contributed by atoms with Gasteiger partial charge in [-0.05, 0) is 29.6 Å². The minimum Gasteiger partial charge on any atom is -0.493 e. The van der Waals surface area contributed by atoms with E-state index in [4.69, 9.17) is 24.0 Å². The maximum absolute atomic E-state index is 6.44. The van der Waals surface area contributed by atoms with Crippen molar-refractivity contribution >= 4 is 17.0 Å². The molecule has 0 N–H and O–H groups in total. The van der Waals surface area contributed by atoms with Gasteiger partial charge in [0, 0.05) is 17.5 Å². The molecule has 0 spiro atoms. The van der Waals surface area contributed by atoms with Crippen LogP contribution in [-0.2, 0) is 0 Å². The average molecular weight is 423 g/mol. The Labute approximate surface area is 179 Å². The molecule has 0 unspecified atom stereocenters. The summed E-state index contributed by atoms with van der Waals surface area (Å²) in [6.07, 6.45) is 0.429. The summed E-state index contributed by atoms with van der Waals surface area (Å²) in [5, 5.41) is 9.12. The van der Waals surface area contributed by atoms with Crippen LogP contribution in [0.3, 0.4) is 0 Å². The lowest BCUT2D eigenvalue weighted by Crippen LogP contribution is -2.33. The summed E-state index contributed by atoms with van der Waals surface area (Å²) in [4.78, 5) is 1.19. The minimum absolute atomic E-state index is 0.108. The highest BCUT2D eigenvalue weighted by Gasteiger charge is 2.41. The zero-order valence-corrected chi connectivity index (χ0v) is 17.8. The van der Waals surface area contributed by atoms with Crippen LogP contribution in [0.15, 0.2) is 59.0 Å². The molecular weight excluding hydrogens is 400 g/mol. The van der Waals surface area contributed by atoms with E-state index in [1.807, 2.05) is 30.3 Å². The Morgan fingerprint density at radius 2 is 1.77 bits per heavy atom. The molecule has 0 saturated heterocycles. The normalized spacial score (nSPS) is 19.4. The van der Waals surface area contributed by atoms with Crippen molar-refractivity contribution in [1.29, 1.82) is 0 Å². The first kappa shape index (κ1) is 18.8. The van der Waals surface area contributed by atoms with Crippen molar-refractivity contribution in [2.45, 2.75) is 18.7 Å². The SMILES string of the molecule is COc1cc([C@@H]2Oc3ccccc3[C@H]3CC(c4cccs4)=NN32)cc(OC)c1OC. The Kier molecular flexibility index (Phi) is 4.75. The highest BCUT2D eigenvalue weighted by Crippen LogP contribution is 2.49. The van der Waals surface area contributed by atoms with E-state index in [1.165, 1.54) is 4.88 Å². The zero-order valence-electron chi connectivity index (χ0n) is 17.0. The second-order valence-corrected chi connectivity index (χ2v) is 8.04. The number of nitrogens with zero attached hydrogens (tertiary/aromatic N) is 2. The molecule has 5 rings (SSSR count). The molecule has 0 aliphatic carbocycles. The molecule has 0 bridgehead atoms. The van der Waals surface area contributed by atoms with Crippen LogP contribution in [0, 0.1) is 0 Å². The molecule has 2 atom stereocenters. The number of hydrogen-bond acceptors (Lipinski definition) is 7.